The van der Waals surface area contributed by atoms with E-state index in [0.29, 0.717) is 17.7 Å². The molecule has 4 heteroatoms. The standard InChI is InChI=1S/C15H14BrFO2/c1-2-19-14-7-6-11(9-13(14)16)15(18)10-4-3-5-12(17)8-10/h3-9,15,18H,2H2,1H3. The molecule has 0 amide bonds. The summed E-state index contributed by atoms with van der Waals surface area (Å²) in [4.78, 5) is 0. The quantitative estimate of drug-likeness (QED) is 0.918. The largest absolute Gasteiger partial charge is 0.493 e. The average molecular weight is 325 g/mol. The topological polar surface area (TPSA) is 29.5 Å². The van der Waals surface area contributed by atoms with Gasteiger partial charge in [0.1, 0.15) is 17.7 Å². The molecule has 0 saturated heterocycles. The van der Waals surface area contributed by atoms with Crippen LogP contribution in [0.4, 0.5) is 4.39 Å². The second-order valence-electron chi connectivity index (χ2n) is 4.08. The van der Waals surface area contributed by atoms with E-state index in [-0.39, 0.29) is 5.82 Å². The Balaban J connectivity index is 2.29. The Morgan fingerprint density at radius 2 is 1.95 bits per heavy atom. The Morgan fingerprint density at radius 3 is 2.58 bits per heavy atom. The van der Waals surface area contributed by atoms with Crippen LogP contribution >= 0.6 is 15.9 Å². The third kappa shape index (κ3) is 3.33. The Morgan fingerprint density at radius 1 is 1.21 bits per heavy atom. The van der Waals surface area contributed by atoms with Gasteiger partial charge in [0.05, 0.1) is 11.1 Å². The third-order valence-electron chi connectivity index (χ3n) is 2.74. The maximum absolute atomic E-state index is 13.1. The van der Waals surface area contributed by atoms with E-state index in [1.807, 2.05) is 6.92 Å². The number of aliphatic hydroxyl groups is 1. The lowest BCUT2D eigenvalue weighted by Gasteiger charge is -2.13. The molecule has 0 aliphatic carbocycles. The van der Waals surface area contributed by atoms with E-state index < -0.39 is 6.10 Å². The molecule has 0 spiro atoms. The molecule has 19 heavy (non-hydrogen) atoms. The van der Waals surface area contributed by atoms with Gasteiger partial charge in [-0.2, -0.15) is 0 Å². The first-order valence-corrected chi connectivity index (χ1v) is 6.77. The SMILES string of the molecule is CCOc1ccc(C(O)c2cccc(F)c2)cc1Br. The number of hydrogen-bond donors (Lipinski definition) is 1. The Hall–Kier alpha value is -1.39. The molecule has 2 nitrogen and oxygen atoms in total. The van der Waals surface area contributed by atoms with Crippen molar-refractivity contribution in [1.29, 1.82) is 0 Å². The van der Waals surface area contributed by atoms with E-state index in [2.05, 4.69) is 15.9 Å². The molecule has 2 aromatic carbocycles. The van der Waals surface area contributed by atoms with Crippen LogP contribution in [-0.4, -0.2) is 11.7 Å². The molecule has 0 fully saturated rings. The molecular weight excluding hydrogens is 311 g/mol. The van der Waals surface area contributed by atoms with Crippen LogP contribution in [-0.2, 0) is 0 Å². The number of rotatable bonds is 4. The van der Waals surface area contributed by atoms with Crippen molar-refractivity contribution < 1.29 is 14.2 Å². The summed E-state index contributed by atoms with van der Waals surface area (Å²) in [5.41, 5.74) is 1.21. The third-order valence-corrected chi connectivity index (χ3v) is 3.36. The van der Waals surface area contributed by atoms with Gasteiger partial charge in [0.2, 0.25) is 0 Å². The van der Waals surface area contributed by atoms with Crippen molar-refractivity contribution in [2.45, 2.75) is 13.0 Å². The van der Waals surface area contributed by atoms with E-state index in [9.17, 15) is 9.50 Å². The molecule has 0 heterocycles. The summed E-state index contributed by atoms with van der Waals surface area (Å²) in [6.45, 7) is 2.48. The van der Waals surface area contributed by atoms with E-state index in [1.54, 1.807) is 30.3 Å². The molecular formula is C15H14BrFO2. The van der Waals surface area contributed by atoms with Gasteiger partial charge < -0.3 is 9.84 Å². The predicted octanol–water partition coefficient (Wildman–Crippen LogP) is 4.07. The molecule has 1 unspecified atom stereocenters. The Labute approximate surface area is 120 Å². The van der Waals surface area contributed by atoms with Gasteiger partial charge in [0, 0.05) is 0 Å². The maximum atomic E-state index is 13.1. The fourth-order valence-electron chi connectivity index (χ4n) is 1.83. The lowest BCUT2D eigenvalue weighted by Crippen LogP contribution is -2.01. The van der Waals surface area contributed by atoms with Crippen LogP contribution < -0.4 is 4.74 Å². The van der Waals surface area contributed by atoms with Crippen LogP contribution in [0.25, 0.3) is 0 Å². The lowest BCUT2D eigenvalue weighted by atomic mass is 10.0. The first kappa shape index (κ1) is 14.0. The summed E-state index contributed by atoms with van der Waals surface area (Å²) in [7, 11) is 0. The molecule has 1 N–H and O–H groups in total. The average Bonchev–Trinajstić information content (AvgIpc) is 2.40. The molecule has 0 saturated carbocycles. The predicted molar refractivity (Wildman–Crippen MR) is 75.8 cm³/mol. The number of halogens is 2. The maximum Gasteiger partial charge on any atom is 0.133 e. The van der Waals surface area contributed by atoms with Gasteiger partial charge in [-0.1, -0.05) is 18.2 Å². The molecule has 2 rings (SSSR count). The van der Waals surface area contributed by atoms with Crippen LogP contribution in [0.3, 0.4) is 0 Å². The Kier molecular flexibility index (Phi) is 4.56. The van der Waals surface area contributed by atoms with Gasteiger partial charge in [0.15, 0.2) is 0 Å². The second kappa shape index (κ2) is 6.17. The molecule has 0 aliphatic heterocycles. The monoisotopic (exact) mass is 324 g/mol. The first-order chi connectivity index (χ1) is 9.11. The summed E-state index contributed by atoms with van der Waals surface area (Å²) < 4.78 is 19.3. The van der Waals surface area contributed by atoms with Gasteiger partial charge in [-0.05, 0) is 58.2 Å². The minimum absolute atomic E-state index is 0.360. The second-order valence-corrected chi connectivity index (χ2v) is 4.93. The molecule has 0 aromatic heterocycles. The smallest absolute Gasteiger partial charge is 0.133 e. The number of hydrogen-bond acceptors (Lipinski definition) is 2. The fourth-order valence-corrected chi connectivity index (χ4v) is 2.34. The summed E-state index contributed by atoms with van der Waals surface area (Å²) in [5, 5.41) is 10.2. The summed E-state index contributed by atoms with van der Waals surface area (Å²) in [6, 6.07) is 11.3. The van der Waals surface area contributed by atoms with Crippen LogP contribution in [0.15, 0.2) is 46.9 Å². The normalized spacial score (nSPS) is 12.2. The van der Waals surface area contributed by atoms with Crippen molar-refractivity contribution in [3.8, 4) is 5.75 Å². The van der Waals surface area contributed by atoms with Crippen LogP contribution in [0.2, 0.25) is 0 Å². The minimum atomic E-state index is -0.859. The highest BCUT2D eigenvalue weighted by Crippen LogP contribution is 2.30. The number of benzene rings is 2. The fraction of sp³-hybridized carbons (Fsp3) is 0.200. The molecule has 0 aliphatic rings. The van der Waals surface area contributed by atoms with E-state index in [4.69, 9.17) is 4.74 Å². The van der Waals surface area contributed by atoms with E-state index >= 15 is 0 Å². The zero-order valence-corrected chi connectivity index (χ0v) is 12.0. The van der Waals surface area contributed by atoms with Crippen molar-refractivity contribution in [3.63, 3.8) is 0 Å². The van der Waals surface area contributed by atoms with Crippen molar-refractivity contribution in [1.82, 2.24) is 0 Å². The van der Waals surface area contributed by atoms with Gasteiger partial charge in [-0.15, -0.1) is 0 Å². The molecule has 1 atom stereocenters. The van der Waals surface area contributed by atoms with E-state index in [0.717, 1.165) is 10.2 Å². The van der Waals surface area contributed by atoms with Gasteiger partial charge in [0.25, 0.3) is 0 Å². The van der Waals surface area contributed by atoms with Crippen LogP contribution in [0.5, 0.6) is 5.75 Å². The highest BCUT2D eigenvalue weighted by Gasteiger charge is 2.13. The van der Waals surface area contributed by atoms with Crippen LogP contribution in [0.1, 0.15) is 24.2 Å². The highest BCUT2D eigenvalue weighted by molar-refractivity contribution is 9.10. The van der Waals surface area contributed by atoms with Crippen molar-refractivity contribution in [2.75, 3.05) is 6.61 Å². The highest BCUT2D eigenvalue weighted by atomic mass is 79.9. The first-order valence-electron chi connectivity index (χ1n) is 5.97. The Bertz CT molecular complexity index is 572. The van der Waals surface area contributed by atoms with Gasteiger partial charge in [-0.25, -0.2) is 4.39 Å². The molecule has 0 bridgehead atoms. The van der Waals surface area contributed by atoms with Gasteiger partial charge >= 0.3 is 0 Å². The lowest BCUT2D eigenvalue weighted by molar-refractivity contribution is 0.219. The number of ether oxygens (including phenoxy) is 1. The molecule has 100 valence electrons. The molecule has 0 radical (unpaired) electrons. The summed E-state index contributed by atoms with van der Waals surface area (Å²) in [5.74, 6) is 0.360. The van der Waals surface area contributed by atoms with Crippen LogP contribution in [0, 0.1) is 5.82 Å². The van der Waals surface area contributed by atoms with Crippen molar-refractivity contribution >= 4 is 15.9 Å². The van der Waals surface area contributed by atoms with Crippen molar-refractivity contribution in [3.05, 3.63) is 63.9 Å². The van der Waals surface area contributed by atoms with Gasteiger partial charge in [-0.3, -0.25) is 0 Å². The summed E-state index contributed by atoms with van der Waals surface area (Å²) >= 11 is 3.39. The van der Waals surface area contributed by atoms with E-state index in [1.165, 1.54) is 12.1 Å². The van der Waals surface area contributed by atoms with Crippen molar-refractivity contribution in [2.24, 2.45) is 0 Å². The summed E-state index contributed by atoms with van der Waals surface area (Å²) in [6.07, 6.45) is -0.859. The minimum Gasteiger partial charge on any atom is -0.493 e. The zero-order chi connectivity index (χ0) is 13.8. The molecule has 2 aromatic rings. The number of aliphatic hydroxyl groups excluding tert-OH is 1. The zero-order valence-electron chi connectivity index (χ0n) is 10.4.